The quantitative estimate of drug-likeness (QED) is 0.813. The van der Waals surface area contributed by atoms with Crippen molar-refractivity contribution in [3.63, 3.8) is 0 Å². The van der Waals surface area contributed by atoms with Crippen molar-refractivity contribution in [3.8, 4) is 0 Å². The van der Waals surface area contributed by atoms with Gasteiger partial charge >= 0.3 is 0 Å². The monoisotopic (exact) mass is 250 g/mol. The lowest BCUT2D eigenvalue weighted by Crippen LogP contribution is -2.49. The van der Waals surface area contributed by atoms with Crippen molar-refractivity contribution >= 4 is 5.91 Å². The molecule has 0 aromatic carbocycles. The van der Waals surface area contributed by atoms with Crippen LogP contribution in [0.5, 0.6) is 0 Å². The number of carbonyl (C=O) groups excluding carboxylic acids is 1. The molecule has 2 aliphatic heterocycles. The van der Waals surface area contributed by atoms with Crippen LogP contribution in [0.3, 0.4) is 0 Å². The minimum atomic E-state index is -0.0269. The number of amides is 1. The van der Waals surface area contributed by atoms with Gasteiger partial charge in [-0.1, -0.05) is 26.2 Å². The van der Waals surface area contributed by atoms with Gasteiger partial charge in [-0.05, 0) is 37.6 Å². The van der Waals surface area contributed by atoms with Crippen LogP contribution in [0.15, 0.2) is 0 Å². The fourth-order valence-electron chi connectivity index (χ4n) is 4.33. The van der Waals surface area contributed by atoms with Crippen LogP contribution in [0.25, 0.3) is 0 Å². The molecule has 1 saturated carbocycles. The molecule has 3 heteroatoms. The molecular weight excluding hydrogens is 224 g/mol. The van der Waals surface area contributed by atoms with Crippen molar-refractivity contribution in [2.24, 2.45) is 17.3 Å². The third kappa shape index (κ3) is 1.87. The maximum atomic E-state index is 13.0. The summed E-state index contributed by atoms with van der Waals surface area (Å²) >= 11 is 0. The first-order valence-corrected chi connectivity index (χ1v) is 7.76. The molecule has 0 aromatic rings. The molecule has 3 nitrogen and oxygen atoms in total. The Morgan fingerprint density at radius 3 is 3.06 bits per heavy atom. The Bertz CT molecular complexity index is 330. The van der Waals surface area contributed by atoms with Gasteiger partial charge in [0.15, 0.2) is 0 Å². The van der Waals surface area contributed by atoms with Crippen molar-refractivity contribution in [1.29, 1.82) is 0 Å². The van der Waals surface area contributed by atoms with Crippen LogP contribution in [0.2, 0.25) is 0 Å². The lowest BCUT2D eigenvalue weighted by molar-refractivity contribution is -0.144. The summed E-state index contributed by atoms with van der Waals surface area (Å²) in [5, 5.41) is 3.49. The minimum Gasteiger partial charge on any atom is -0.342 e. The van der Waals surface area contributed by atoms with Gasteiger partial charge in [0, 0.05) is 19.6 Å². The Morgan fingerprint density at radius 2 is 2.28 bits per heavy atom. The van der Waals surface area contributed by atoms with Gasteiger partial charge in [-0.15, -0.1) is 0 Å². The van der Waals surface area contributed by atoms with Crippen molar-refractivity contribution in [1.82, 2.24) is 10.2 Å². The standard InChI is InChI=1S/C15H26N2O/c1-2-12-6-8-17(10-12)14(18)15-7-4-3-5-13(15)9-16-11-15/h12-13,16H,2-11H2,1H3/t12?,13-,15+/m0/s1. The van der Waals surface area contributed by atoms with Gasteiger partial charge in [-0.2, -0.15) is 0 Å². The molecule has 3 fully saturated rings. The summed E-state index contributed by atoms with van der Waals surface area (Å²) in [6.45, 7) is 6.27. The second kappa shape index (κ2) is 4.84. The molecule has 18 heavy (non-hydrogen) atoms. The van der Waals surface area contributed by atoms with E-state index < -0.39 is 0 Å². The molecule has 2 heterocycles. The highest BCUT2D eigenvalue weighted by atomic mass is 16.2. The molecule has 0 spiro atoms. The first-order valence-electron chi connectivity index (χ1n) is 7.76. The van der Waals surface area contributed by atoms with Crippen LogP contribution < -0.4 is 5.32 Å². The van der Waals surface area contributed by atoms with E-state index in [4.69, 9.17) is 0 Å². The molecule has 1 N–H and O–H groups in total. The normalized spacial score (nSPS) is 39.9. The lowest BCUT2D eigenvalue weighted by Gasteiger charge is -2.39. The minimum absolute atomic E-state index is 0.0269. The topological polar surface area (TPSA) is 32.3 Å². The van der Waals surface area contributed by atoms with E-state index in [1.807, 2.05) is 0 Å². The Morgan fingerprint density at radius 1 is 1.39 bits per heavy atom. The van der Waals surface area contributed by atoms with Gasteiger partial charge in [-0.3, -0.25) is 4.79 Å². The number of nitrogens with one attached hydrogen (secondary N) is 1. The predicted octanol–water partition coefficient (Wildman–Crippen LogP) is 2.02. The maximum Gasteiger partial charge on any atom is 0.230 e. The number of likely N-dealkylation sites (tertiary alicyclic amines) is 1. The molecule has 2 saturated heterocycles. The van der Waals surface area contributed by atoms with Crippen molar-refractivity contribution in [2.75, 3.05) is 26.2 Å². The Hall–Kier alpha value is -0.570. The van der Waals surface area contributed by atoms with Crippen LogP contribution >= 0.6 is 0 Å². The van der Waals surface area contributed by atoms with Gasteiger partial charge in [0.1, 0.15) is 0 Å². The largest absolute Gasteiger partial charge is 0.342 e. The van der Waals surface area contributed by atoms with Gasteiger partial charge in [0.2, 0.25) is 5.91 Å². The Balaban J connectivity index is 1.74. The fourth-order valence-corrected chi connectivity index (χ4v) is 4.33. The summed E-state index contributed by atoms with van der Waals surface area (Å²) in [6.07, 6.45) is 7.38. The number of hydrogen-bond acceptors (Lipinski definition) is 2. The summed E-state index contributed by atoms with van der Waals surface area (Å²) in [5.74, 6) is 1.84. The molecule has 1 amide bonds. The molecule has 3 aliphatic rings. The first kappa shape index (κ1) is 12.5. The smallest absolute Gasteiger partial charge is 0.230 e. The van der Waals surface area contributed by atoms with Crippen molar-refractivity contribution in [3.05, 3.63) is 0 Å². The highest BCUT2D eigenvalue weighted by molar-refractivity contribution is 5.84. The number of rotatable bonds is 2. The van der Waals surface area contributed by atoms with Gasteiger partial charge in [0.05, 0.1) is 5.41 Å². The van der Waals surface area contributed by atoms with Crippen molar-refractivity contribution in [2.45, 2.75) is 45.4 Å². The SMILES string of the molecule is CCC1CCN(C(=O)[C@@]23CCCC[C@H]2CNC3)C1. The fraction of sp³-hybridized carbons (Fsp3) is 0.933. The van der Waals surface area contributed by atoms with E-state index in [-0.39, 0.29) is 5.41 Å². The third-order valence-electron chi connectivity index (χ3n) is 5.61. The third-order valence-corrected chi connectivity index (χ3v) is 5.61. The molecule has 102 valence electrons. The van der Waals surface area contributed by atoms with Crippen LogP contribution in [0, 0.1) is 17.3 Å². The van der Waals surface area contributed by atoms with Gasteiger partial charge < -0.3 is 10.2 Å². The Kier molecular flexibility index (Phi) is 3.35. The molecule has 0 bridgehead atoms. The second-order valence-corrected chi connectivity index (χ2v) is 6.54. The Labute approximate surface area is 110 Å². The van der Waals surface area contributed by atoms with Crippen LogP contribution in [-0.2, 0) is 4.79 Å². The number of hydrogen-bond donors (Lipinski definition) is 1. The van der Waals surface area contributed by atoms with Crippen LogP contribution in [0.1, 0.15) is 45.4 Å². The van der Waals surface area contributed by atoms with E-state index in [1.165, 1.54) is 32.1 Å². The number of carbonyl (C=O) groups is 1. The van der Waals surface area contributed by atoms with Crippen LogP contribution in [-0.4, -0.2) is 37.0 Å². The zero-order valence-corrected chi connectivity index (χ0v) is 11.6. The van der Waals surface area contributed by atoms with E-state index in [9.17, 15) is 4.79 Å². The van der Waals surface area contributed by atoms with Gasteiger partial charge in [-0.25, -0.2) is 0 Å². The van der Waals surface area contributed by atoms with E-state index in [2.05, 4.69) is 17.1 Å². The van der Waals surface area contributed by atoms with E-state index in [0.717, 1.165) is 38.5 Å². The highest BCUT2D eigenvalue weighted by Crippen LogP contribution is 2.45. The van der Waals surface area contributed by atoms with E-state index in [1.54, 1.807) is 0 Å². The van der Waals surface area contributed by atoms with E-state index >= 15 is 0 Å². The molecule has 1 unspecified atom stereocenters. The van der Waals surface area contributed by atoms with Crippen LogP contribution in [0.4, 0.5) is 0 Å². The molecular formula is C15H26N2O. The molecule has 1 aliphatic carbocycles. The molecule has 0 aromatic heterocycles. The number of fused-ring (bicyclic) bond motifs is 1. The second-order valence-electron chi connectivity index (χ2n) is 6.54. The van der Waals surface area contributed by atoms with Crippen molar-refractivity contribution < 1.29 is 4.79 Å². The molecule has 0 radical (unpaired) electrons. The summed E-state index contributed by atoms with van der Waals surface area (Å²) in [7, 11) is 0. The maximum absolute atomic E-state index is 13.0. The highest BCUT2D eigenvalue weighted by Gasteiger charge is 2.51. The number of nitrogens with zero attached hydrogens (tertiary/aromatic N) is 1. The lowest BCUT2D eigenvalue weighted by atomic mass is 9.67. The average molecular weight is 250 g/mol. The first-order chi connectivity index (χ1) is 8.76. The molecule has 3 rings (SSSR count). The summed E-state index contributed by atoms with van der Waals surface area (Å²) < 4.78 is 0. The van der Waals surface area contributed by atoms with E-state index in [0.29, 0.717) is 11.8 Å². The summed E-state index contributed by atoms with van der Waals surface area (Å²) in [4.78, 5) is 15.1. The molecule has 3 atom stereocenters. The summed E-state index contributed by atoms with van der Waals surface area (Å²) in [6, 6.07) is 0. The predicted molar refractivity (Wildman–Crippen MR) is 72.2 cm³/mol. The zero-order valence-electron chi connectivity index (χ0n) is 11.6. The summed E-state index contributed by atoms with van der Waals surface area (Å²) in [5.41, 5.74) is -0.0269. The van der Waals surface area contributed by atoms with Gasteiger partial charge in [0.25, 0.3) is 0 Å². The average Bonchev–Trinajstić information content (AvgIpc) is 3.05. The zero-order chi connectivity index (χ0) is 12.6.